The highest BCUT2D eigenvalue weighted by Crippen LogP contribution is 2.36. The smallest absolute Gasteiger partial charge is 0.349 e. The normalized spacial score (nSPS) is 16.0. The summed E-state index contributed by atoms with van der Waals surface area (Å²) >= 11 is 0. The highest BCUT2D eigenvalue weighted by atomic mass is 35.5. The number of hydrogen-bond donors (Lipinski definition) is 0. The largest absolute Gasteiger partial charge is 1.00 e. The van der Waals surface area contributed by atoms with Gasteiger partial charge in [-0.3, -0.25) is 0 Å². The number of benzene rings is 2. The van der Waals surface area contributed by atoms with E-state index < -0.39 is 10.2 Å². The molecule has 0 saturated heterocycles. The van der Waals surface area contributed by atoms with Gasteiger partial charge in [-0.05, 0) is 18.2 Å². The highest BCUT2D eigenvalue weighted by molar-refractivity contribution is 7.92. The minimum absolute atomic E-state index is 0. The first kappa shape index (κ1) is 18.4. The van der Waals surface area contributed by atoms with Crippen molar-refractivity contribution in [3.63, 3.8) is 0 Å². The summed E-state index contributed by atoms with van der Waals surface area (Å²) in [4.78, 5) is 0. The lowest BCUT2D eigenvalue weighted by atomic mass is 10.1. The first-order valence-electron chi connectivity index (χ1n) is 7.37. The van der Waals surface area contributed by atoms with Crippen molar-refractivity contribution in [3.8, 4) is 0 Å². The van der Waals surface area contributed by atoms with Crippen LogP contribution in [0, 0.1) is 0 Å². The molecule has 5 nitrogen and oxygen atoms in total. The number of anilines is 2. The van der Waals surface area contributed by atoms with Crippen molar-refractivity contribution < 1.29 is 25.3 Å². The van der Waals surface area contributed by atoms with Gasteiger partial charge in [0.05, 0.1) is 32.5 Å². The van der Waals surface area contributed by atoms with E-state index >= 15 is 0 Å². The van der Waals surface area contributed by atoms with Crippen LogP contribution < -0.4 is 16.7 Å². The van der Waals surface area contributed by atoms with E-state index in [1.807, 2.05) is 63.6 Å². The molecule has 2 aromatic carbocycles. The quantitative estimate of drug-likeness (QED) is 0.694. The standard InChI is InChI=1S/C17H20N3O2S.ClH/c1-20(2,3)13-16-15-11-7-8-12-17(15)19(23(21,22)18-16)14-9-5-4-6-10-14;/h4-12H,13H2,1-3H3;1H/q+1;/p-1. The lowest BCUT2D eigenvalue weighted by Gasteiger charge is -2.31. The van der Waals surface area contributed by atoms with Crippen LogP contribution in [-0.4, -0.2) is 46.3 Å². The Balaban J connectivity index is 0.00000208. The van der Waals surface area contributed by atoms with Crippen molar-refractivity contribution in [2.45, 2.75) is 0 Å². The van der Waals surface area contributed by atoms with Gasteiger partial charge in [0.25, 0.3) is 0 Å². The van der Waals surface area contributed by atoms with Crippen molar-refractivity contribution in [1.82, 2.24) is 0 Å². The zero-order chi connectivity index (χ0) is 16.7. The Morgan fingerprint density at radius 3 is 2.17 bits per heavy atom. The second-order valence-electron chi connectivity index (χ2n) is 6.58. The first-order valence-corrected chi connectivity index (χ1v) is 8.77. The molecule has 0 unspecified atom stereocenters. The van der Waals surface area contributed by atoms with E-state index in [2.05, 4.69) is 4.40 Å². The number of nitrogens with zero attached hydrogens (tertiary/aromatic N) is 3. The molecule has 128 valence electrons. The Kier molecular flexibility index (Phi) is 5.03. The lowest BCUT2D eigenvalue weighted by molar-refractivity contribution is -0.860. The predicted octanol–water partition coefficient (Wildman–Crippen LogP) is -0.418. The van der Waals surface area contributed by atoms with E-state index in [9.17, 15) is 8.42 Å². The van der Waals surface area contributed by atoms with Gasteiger partial charge in [-0.15, -0.1) is 4.40 Å². The topological polar surface area (TPSA) is 49.7 Å². The molecule has 0 fully saturated rings. The summed E-state index contributed by atoms with van der Waals surface area (Å²) in [5, 5.41) is 0. The van der Waals surface area contributed by atoms with Crippen LogP contribution in [0.15, 0.2) is 59.0 Å². The van der Waals surface area contributed by atoms with Crippen LogP contribution in [0.5, 0.6) is 0 Å². The number of hydrogen-bond acceptors (Lipinski definition) is 2. The van der Waals surface area contributed by atoms with Crippen LogP contribution in [-0.2, 0) is 10.2 Å². The number of rotatable bonds is 3. The van der Waals surface area contributed by atoms with Crippen molar-refractivity contribution in [2.24, 2.45) is 4.40 Å². The van der Waals surface area contributed by atoms with Gasteiger partial charge in [-0.25, -0.2) is 4.31 Å². The molecule has 0 aromatic heterocycles. The van der Waals surface area contributed by atoms with Crippen LogP contribution in [0.25, 0.3) is 0 Å². The van der Waals surface area contributed by atoms with E-state index in [1.54, 1.807) is 12.1 Å². The van der Waals surface area contributed by atoms with E-state index in [1.165, 1.54) is 4.31 Å². The molecular weight excluding hydrogens is 346 g/mol. The summed E-state index contributed by atoms with van der Waals surface area (Å²) in [6.45, 7) is 0.541. The van der Waals surface area contributed by atoms with Gasteiger partial charge in [0.15, 0.2) is 0 Å². The monoisotopic (exact) mass is 365 g/mol. The average Bonchev–Trinajstić information content (AvgIpc) is 2.46. The molecule has 0 amide bonds. The molecule has 0 N–H and O–H groups in total. The van der Waals surface area contributed by atoms with Crippen LogP contribution in [0.4, 0.5) is 11.4 Å². The molecule has 1 aliphatic rings. The first-order chi connectivity index (χ1) is 10.8. The van der Waals surface area contributed by atoms with Crippen molar-refractivity contribution >= 4 is 27.3 Å². The molecule has 24 heavy (non-hydrogen) atoms. The van der Waals surface area contributed by atoms with Gasteiger partial charge < -0.3 is 16.9 Å². The second-order valence-corrected chi connectivity index (χ2v) is 8.02. The summed E-state index contributed by atoms with van der Waals surface area (Å²) in [6.07, 6.45) is 0. The van der Waals surface area contributed by atoms with Gasteiger partial charge in [-0.1, -0.05) is 36.4 Å². The SMILES string of the molecule is C[N+](C)(C)CC1=NS(=O)(=O)N(c2ccccc2)c2ccccc21.[Cl-]. The highest BCUT2D eigenvalue weighted by Gasteiger charge is 2.34. The second kappa shape index (κ2) is 6.55. The summed E-state index contributed by atoms with van der Waals surface area (Å²) in [7, 11) is 2.25. The maximum Gasteiger partial charge on any atom is 0.349 e. The molecular formula is C17H20ClN3O2S. The van der Waals surface area contributed by atoms with E-state index in [4.69, 9.17) is 0 Å². The van der Waals surface area contributed by atoms with E-state index in [0.29, 0.717) is 28.1 Å². The number of halogens is 1. The van der Waals surface area contributed by atoms with E-state index in [-0.39, 0.29) is 12.4 Å². The Morgan fingerprint density at radius 1 is 0.958 bits per heavy atom. The van der Waals surface area contributed by atoms with Gasteiger partial charge in [-0.2, -0.15) is 8.42 Å². The maximum atomic E-state index is 12.8. The summed E-state index contributed by atoms with van der Waals surface area (Å²) < 4.78 is 31.6. The molecule has 0 radical (unpaired) electrons. The van der Waals surface area contributed by atoms with Crippen molar-refractivity contribution in [2.75, 3.05) is 32.0 Å². The molecule has 0 saturated carbocycles. The summed E-state index contributed by atoms with van der Waals surface area (Å²) in [5.74, 6) is 0. The molecule has 1 aliphatic heterocycles. The predicted molar refractivity (Wildman–Crippen MR) is 93.4 cm³/mol. The number of fused-ring (bicyclic) bond motifs is 1. The minimum Gasteiger partial charge on any atom is -1.00 e. The minimum atomic E-state index is -3.80. The van der Waals surface area contributed by atoms with Gasteiger partial charge >= 0.3 is 10.2 Å². The number of quaternary nitrogens is 1. The molecule has 0 aliphatic carbocycles. The third-order valence-electron chi connectivity index (χ3n) is 3.50. The van der Waals surface area contributed by atoms with Crippen LogP contribution in [0.2, 0.25) is 0 Å². The maximum absolute atomic E-state index is 12.8. The Morgan fingerprint density at radius 2 is 1.54 bits per heavy atom. The Hall–Kier alpha value is -1.89. The Labute approximate surface area is 149 Å². The Bertz CT molecular complexity index is 859. The zero-order valence-corrected chi connectivity index (χ0v) is 15.4. The van der Waals surface area contributed by atoms with Crippen LogP contribution in [0.1, 0.15) is 5.56 Å². The molecule has 7 heteroatoms. The summed E-state index contributed by atoms with van der Waals surface area (Å²) in [6, 6.07) is 16.5. The fraction of sp³-hybridized carbons (Fsp3) is 0.235. The summed E-state index contributed by atoms with van der Waals surface area (Å²) in [5.41, 5.74) is 2.70. The zero-order valence-electron chi connectivity index (χ0n) is 13.8. The molecule has 0 spiro atoms. The van der Waals surface area contributed by atoms with Crippen molar-refractivity contribution in [3.05, 3.63) is 60.2 Å². The number of para-hydroxylation sites is 2. The van der Waals surface area contributed by atoms with Crippen LogP contribution in [0.3, 0.4) is 0 Å². The van der Waals surface area contributed by atoms with Gasteiger partial charge in [0.2, 0.25) is 0 Å². The third kappa shape index (κ3) is 3.61. The van der Waals surface area contributed by atoms with Crippen molar-refractivity contribution in [1.29, 1.82) is 0 Å². The van der Waals surface area contributed by atoms with E-state index in [0.717, 1.165) is 5.56 Å². The number of likely N-dealkylation sites (N-methyl/N-ethyl adjacent to an activating group) is 1. The fourth-order valence-corrected chi connectivity index (χ4v) is 3.96. The van der Waals surface area contributed by atoms with Gasteiger partial charge in [0, 0.05) is 5.56 Å². The van der Waals surface area contributed by atoms with Gasteiger partial charge in [0.1, 0.15) is 12.3 Å². The lowest BCUT2D eigenvalue weighted by Crippen LogP contribution is -3.00. The third-order valence-corrected chi connectivity index (χ3v) is 4.82. The molecule has 1 heterocycles. The fourth-order valence-electron chi connectivity index (χ4n) is 2.65. The van der Waals surface area contributed by atoms with Crippen LogP contribution >= 0.6 is 0 Å². The molecule has 3 rings (SSSR count). The molecule has 0 bridgehead atoms. The molecule has 0 atom stereocenters. The average molecular weight is 366 g/mol. The molecule has 2 aromatic rings.